The summed E-state index contributed by atoms with van der Waals surface area (Å²) in [6.45, 7) is 2.14. The van der Waals surface area contributed by atoms with E-state index in [1.807, 2.05) is 0 Å². The van der Waals surface area contributed by atoms with Gasteiger partial charge in [-0.25, -0.2) is 19.6 Å². The number of nitrogens with one attached hydrogen (secondary N) is 2. The molecular weight excluding hydrogens is 276 g/mol. The topological polar surface area (TPSA) is 117 Å². The fourth-order valence-corrected chi connectivity index (χ4v) is 1.59. The first-order valence-electron chi connectivity index (χ1n) is 6.17. The molecule has 2 amide bonds. The molecule has 3 N–H and O–H groups in total. The highest BCUT2D eigenvalue weighted by Gasteiger charge is 2.09. The molecule has 8 nitrogen and oxygen atoms in total. The van der Waals surface area contributed by atoms with Gasteiger partial charge in [0.1, 0.15) is 11.6 Å². The van der Waals surface area contributed by atoms with E-state index in [-0.39, 0.29) is 18.8 Å². The van der Waals surface area contributed by atoms with Crippen molar-refractivity contribution in [3.63, 3.8) is 0 Å². The molecule has 0 aliphatic carbocycles. The normalized spacial score (nSPS) is 10.1. The molecule has 0 aliphatic rings. The van der Waals surface area contributed by atoms with E-state index in [0.29, 0.717) is 17.3 Å². The van der Waals surface area contributed by atoms with E-state index in [1.54, 1.807) is 19.2 Å². The lowest BCUT2D eigenvalue weighted by atomic mass is 10.4. The number of carbonyl (C=O) groups excluding carboxylic acids is 1. The second-order valence-corrected chi connectivity index (χ2v) is 4.20. The fourth-order valence-electron chi connectivity index (χ4n) is 1.59. The van der Waals surface area contributed by atoms with Crippen molar-refractivity contribution in [2.75, 3.05) is 0 Å². The van der Waals surface area contributed by atoms with E-state index in [0.717, 1.165) is 0 Å². The van der Waals surface area contributed by atoms with Gasteiger partial charge in [0.25, 0.3) is 0 Å². The van der Waals surface area contributed by atoms with Crippen molar-refractivity contribution in [3.8, 4) is 0 Å². The second kappa shape index (κ2) is 6.51. The summed E-state index contributed by atoms with van der Waals surface area (Å²) in [5.41, 5.74) is 0.698. The molecule has 110 valence electrons. The smallest absolute Gasteiger partial charge is 0.371 e. The van der Waals surface area contributed by atoms with Gasteiger partial charge in [-0.2, -0.15) is 0 Å². The summed E-state index contributed by atoms with van der Waals surface area (Å²) in [6.07, 6.45) is 1.62. The van der Waals surface area contributed by atoms with E-state index in [9.17, 15) is 9.59 Å². The Labute approximate surface area is 120 Å². The van der Waals surface area contributed by atoms with Crippen molar-refractivity contribution in [3.05, 3.63) is 47.4 Å². The van der Waals surface area contributed by atoms with Crippen molar-refractivity contribution in [1.29, 1.82) is 0 Å². The van der Waals surface area contributed by atoms with Crippen LogP contribution in [-0.4, -0.2) is 27.1 Å². The molecule has 0 unspecified atom stereocenters. The summed E-state index contributed by atoms with van der Waals surface area (Å²) in [5.74, 6) is -0.319. The zero-order chi connectivity index (χ0) is 15.2. The van der Waals surface area contributed by atoms with Crippen molar-refractivity contribution in [2.45, 2.75) is 20.0 Å². The zero-order valence-corrected chi connectivity index (χ0v) is 11.3. The van der Waals surface area contributed by atoms with Gasteiger partial charge in [-0.05, 0) is 25.1 Å². The molecular formula is C13H14N4O4. The Hall–Kier alpha value is -2.90. The van der Waals surface area contributed by atoms with Crippen molar-refractivity contribution in [2.24, 2.45) is 0 Å². The Morgan fingerprint density at radius 3 is 2.67 bits per heavy atom. The van der Waals surface area contributed by atoms with E-state index in [2.05, 4.69) is 20.6 Å². The summed E-state index contributed by atoms with van der Waals surface area (Å²) >= 11 is 0. The lowest BCUT2D eigenvalue weighted by molar-refractivity contribution is 0.0660. The monoisotopic (exact) mass is 290 g/mol. The minimum absolute atomic E-state index is 0.0991. The first-order valence-corrected chi connectivity index (χ1v) is 6.17. The summed E-state index contributed by atoms with van der Waals surface area (Å²) in [6, 6.07) is 4.14. The maximum atomic E-state index is 11.6. The molecule has 2 aromatic rings. The lowest BCUT2D eigenvalue weighted by Crippen LogP contribution is -2.34. The number of amides is 2. The van der Waals surface area contributed by atoms with Gasteiger partial charge in [-0.1, -0.05) is 0 Å². The van der Waals surface area contributed by atoms with Crippen molar-refractivity contribution >= 4 is 12.0 Å². The van der Waals surface area contributed by atoms with Gasteiger partial charge in [-0.15, -0.1) is 0 Å². The summed E-state index contributed by atoms with van der Waals surface area (Å²) in [7, 11) is 0. The summed E-state index contributed by atoms with van der Waals surface area (Å²) in [5, 5.41) is 13.9. The lowest BCUT2D eigenvalue weighted by Gasteiger charge is -2.06. The van der Waals surface area contributed by atoms with Crippen molar-refractivity contribution < 1.29 is 19.1 Å². The third-order valence-corrected chi connectivity index (χ3v) is 2.56. The van der Waals surface area contributed by atoms with Crippen LogP contribution < -0.4 is 10.6 Å². The molecule has 2 rings (SSSR count). The first kappa shape index (κ1) is 14.5. The molecule has 0 atom stereocenters. The Bertz CT molecular complexity index is 653. The number of aromatic carboxylic acids is 1. The van der Waals surface area contributed by atoms with Gasteiger partial charge in [0.15, 0.2) is 0 Å². The summed E-state index contributed by atoms with van der Waals surface area (Å²) < 4.78 is 5.01. The van der Waals surface area contributed by atoms with Crippen LogP contribution in [0.4, 0.5) is 4.79 Å². The van der Waals surface area contributed by atoms with E-state index in [1.165, 1.54) is 12.1 Å². The second-order valence-electron chi connectivity index (χ2n) is 4.20. The Morgan fingerprint density at radius 1 is 1.24 bits per heavy atom. The SMILES string of the molecule is Cc1nccc(CNC(=O)NCc2ccc(C(=O)O)o2)n1. The van der Waals surface area contributed by atoms with Crippen LogP contribution in [-0.2, 0) is 13.1 Å². The predicted molar refractivity (Wildman–Crippen MR) is 71.5 cm³/mol. The molecule has 0 saturated heterocycles. The van der Waals surface area contributed by atoms with E-state index >= 15 is 0 Å². The molecule has 0 aromatic carbocycles. The number of furan rings is 1. The molecule has 2 heterocycles. The largest absolute Gasteiger partial charge is 0.475 e. The number of carbonyl (C=O) groups is 2. The predicted octanol–water partition coefficient (Wildman–Crippen LogP) is 1.08. The highest BCUT2D eigenvalue weighted by Crippen LogP contribution is 2.07. The molecule has 0 bridgehead atoms. The minimum atomic E-state index is -1.15. The molecule has 0 radical (unpaired) electrons. The average Bonchev–Trinajstić information content (AvgIpc) is 2.92. The van der Waals surface area contributed by atoms with Gasteiger partial charge in [-0.3, -0.25) is 0 Å². The van der Waals surface area contributed by atoms with Crippen LogP contribution in [0.25, 0.3) is 0 Å². The van der Waals surface area contributed by atoms with Crippen LogP contribution in [0.3, 0.4) is 0 Å². The Kier molecular flexibility index (Phi) is 4.50. The third-order valence-electron chi connectivity index (χ3n) is 2.56. The van der Waals surface area contributed by atoms with Gasteiger partial charge in [0, 0.05) is 6.20 Å². The molecule has 0 aliphatic heterocycles. The van der Waals surface area contributed by atoms with E-state index < -0.39 is 12.0 Å². The highest BCUT2D eigenvalue weighted by atomic mass is 16.4. The molecule has 0 saturated carbocycles. The number of carboxylic acids is 1. The number of aryl methyl sites for hydroxylation is 1. The first-order chi connectivity index (χ1) is 10.0. The van der Waals surface area contributed by atoms with Crippen LogP contribution in [0.1, 0.15) is 27.8 Å². The molecule has 8 heteroatoms. The number of hydrogen-bond acceptors (Lipinski definition) is 5. The zero-order valence-electron chi connectivity index (χ0n) is 11.3. The van der Waals surface area contributed by atoms with Gasteiger partial charge in [0.05, 0.1) is 18.8 Å². The molecule has 0 spiro atoms. The number of hydrogen-bond donors (Lipinski definition) is 3. The fraction of sp³-hybridized carbons (Fsp3) is 0.231. The number of rotatable bonds is 5. The molecule has 2 aromatic heterocycles. The number of aromatic nitrogens is 2. The Morgan fingerprint density at radius 2 is 2.00 bits per heavy atom. The van der Waals surface area contributed by atoms with Gasteiger partial charge < -0.3 is 20.2 Å². The number of urea groups is 1. The highest BCUT2D eigenvalue weighted by molar-refractivity contribution is 5.84. The Balaban J connectivity index is 1.78. The quantitative estimate of drug-likeness (QED) is 0.758. The van der Waals surface area contributed by atoms with Crippen LogP contribution in [0, 0.1) is 6.92 Å². The van der Waals surface area contributed by atoms with E-state index in [4.69, 9.17) is 9.52 Å². The standard InChI is InChI=1S/C13H14N4O4/c1-8-14-5-4-9(17-8)6-15-13(20)16-7-10-2-3-11(21-10)12(18)19/h2-5H,6-7H2,1H3,(H,18,19)(H2,15,16,20). The van der Waals surface area contributed by atoms with Gasteiger partial charge in [0.2, 0.25) is 5.76 Å². The summed E-state index contributed by atoms with van der Waals surface area (Å²) in [4.78, 5) is 30.3. The van der Waals surface area contributed by atoms with Crippen LogP contribution >= 0.6 is 0 Å². The van der Waals surface area contributed by atoms with Crippen molar-refractivity contribution in [1.82, 2.24) is 20.6 Å². The maximum Gasteiger partial charge on any atom is 0.371 e. The third kappa shape index (κ3) is 4.30. The van der Waals surface area contributed by atoms with Crippen LogP contribution in [0.15, 0.2) is 28.8 Å². The molecule has 21 heavy (non-hydrogen) atoms. The molecule has 0 fully saturated rings. The van der Waals surface area contributed by atoms with Gasteiger partial charge >= 0.3 is 12.0 Å². The number of carboxylic acid groups (broad SMARTS) is 1. The number of nitrogens with zero attached hydrogens (tertiary/aromatic N) is 2. The van der Waals surface area contributed by atoms with Crippen LogP contribution in [0.2, 0.25) is 0 Å². The maximum absolute atomic E-state index is 11.6. The minimum Gasteiger partial charge on any atom is -0.475 e. The average molecular weight is 290 g/mol. The van der Waals surface area contributed by atoms with Crippen LogP contribution in [0.5, 0.6) is 0 Å².